The molecule has 2 amide bonds. The van der Waals surface area contributed by atoms with Gasteiger partial charge in [-0.05, 0) is 17.7 Å². The van der Waals surface area contributed by atoms with E-state index in [1.807, 2.05) is 42.5 Å². The van der Waals surface area contributed by atoms with Gasteiger partial charge in [0.25, 0.3) is 0 Å². The molecule has 140 valence electrons. The first-order chi connectivity index (χ1) is 13.0. The number of nitrogens with zero attached hydrogens (tertiary/aromatic N) is 1. The second-order valence-electron chi connectivity index (χ2n) is 5.83. The Hall–Kier alpha value is -3.00. The lowest BCUT2D eigenvalue weighted by Gasteiger charge is -2.32. The van der Waals surface area contributed by atoms with Crippen LogP contribution in [0.1, 0.15) is 5.56 Å². The molecule has 0 radical (unpaired) electrons. The summed E-state index contributed by atoms with van der Waals surface area (Å²) >= 11 is 1.30. The number of carboxylic acids is 1. The van der Waals surface area contributed by atoms with Gasteiger partial charge >= 0.3 is 12.1 Å². The maximum Gasteiger partial charge on any atom is 0.407 e. The Morgan fingerprint density at radius 3 is 2.56 bits per heavy atom. The van der Waals surface area contributed by atoms with Gasteiger partial charge in [0.2, 0.25) is 5.91 Å². The fraction of sp³-hybridized carbons (Fsp3) is 0.211. The quantitative estimate of drug-likeness (QED) is 0.792. The van der Waals surface area contributed by atoms with E-state index in [4.69, 9.17) is 9.84 Å². The van der Waals surface area contributed by atoms with E-state index in [2.05, 4.69) is 5.32 Å². The molecule has 2 N–H and O–H groups in total. The van der Waals surface area contributed by atoms with Gasteiger partial charge in [-0.15, -0.1) is 11.8 Å². The molecule has 8 heteroatoms. The van der Waals surface area contributed by atoms with Crippen molar-refractivity contribution in [3.05, 3.63) is 60.2 Å². The number of fused-ring (bicyclic) bond motifs is 1. The van der Waals surface area contributed by atoms with Crippen LogP contribution in [0.15, 0.2) is 59.5 Å². The second-order valence-corrected chi connectivity index (χ2v) is 7.08. The minimum atomic E-state index is -1.10. The van der Waals surface area contributed by atoms with E-state index in [0.717, 1.165) is 10.5 Å². The topological polar surface area (TPSA) is 95.9 Å². The maximum absolute atomic E-state index is 12.7. The van der Waals surface area contributed by atoms with Crippen LogP contribution in [-0.2, 0) is 20.9 Å². The van der Waals surface area contributed by atoms with Crippen LogP contribution in [0.2, 0.25) is 0 Å². The van der Waals surface area contributed by atoms with Gasteiger partial charge < -0.3 is 15.2 Å². The number of thioether (sulfide) groups is 1. The summed E-state index contributed by atoms with van der Waals surface area (Å²) in [5, 5.41) is 11.1. The summed E-state index contributed by atoms with van der Waals surface area (Å²) in [5.41, 5.74) is 1.43. The molecule has 3 rings (SSSR count). The molecule has 1 unspecified atom stereocenters. The highest BCUT2D eigenvalue weighted by Crippen LogP contribution is 2.38. The number of ether oxygens (including phenoxy) is 1. The number of nitrogens with one attached hydrogen (secondary N) is 1. The molecule has 0 saturated carbocycles. The van der Waals surface area contributed by atoms with Crippen LogP contribution in [0, 0.1) is 0 Å². The van der Waals surface area contributed by atoms with Crippen LogP contribution in [0.25, 0.3) is 0 Å². The van der Waals surface area contributed by atoms with E-state index in [0.29, 0.717) is 5.69 Å². The molecule has 2 aromatic rings. The molecular weight excluding hydrogens is 368 g/mol. The van der Waals surface area contributed by atoms with Crippen LogP contribution in [0.4, 0.5) is 10.5 Å². The summed E-state index contributed by atoms with van der Waals surface area (Å²) in [6.07, 6.45) is -0.629. The third-order valence-corrected chi connectivity index (χ3v) is 5.16. The first kappa shape index (κ1) is 18.8. The summed E-state index contributed by atoms with van der Waals surface area (Å²) in [4.78, 5) is 37.7. The normalized spacial score (nSPS) is 15.8. The molecular formula is C19H18N2O5S. The number of amides is 2. The Kier molecular flexibility index (Phi) is 5.97. The number of rotatable bonds is 6. The minimum absolute atomic E-state index is 0.0432. The van der Waals surface area contributed by atoms with E-state index in [-0.39, 0.29) is 19.1 Å². The molecule has 0 spiro atoms. The molecule has 2 aromatic carbocycles. The SMILES string of the molecule is O=C(O)CN1C(=O)C(CNC(=O)OCc2ccccc2)Sc2ccccc21. The van der Waals surface area contributed by atoms with Crippen molar-refractivity contribution in [2.45, 2.75) is 16.8 Å². The van der Waals surface area contributed by atoms with Gasteiger partial charge in [0, 0.05) is 11.4 Å². The minimum Gasteiger partial charge on any atom is -0.480 e. The lowest BCUT2D eigenvalue weighted by Crippen LogP contribution is -2.47. The van der Waals surface area contributed by atoms with Crippen molar-refractivity contribution in [2.75, 3.05) is 18.0 Å². The molecule has 0 aliphatic carbocycles. The van der Waals surface area contributed by atoms with Crippen LogP contribution >= 0.6 is 11.8 Å². The fourth-order valence-corrected chi connectivity index (χ4v) is 3.81. The van der Waals surface area contributed by atoms with Crippen molar-refractivity contribution in [1.82, 2.24) is 5.32 Å². The molecule has 0 fully saturated rings. The molecule has 0 aromatic heterocycles. The lowest BCUT2D eigenvalue weighted by atomic mass is 10.2. The number of carbonyl (C=O) groups excluding carboxylic acids is 2. The van der Waals surface area contributed by atoms with Crippen molar-refractivity contribution in [2.24, 2.45) is 0 Å². The zero-order chi connectivity index (χ0) is 19.2. The van der Waals surface area contributed by atoms with Crippen LogP contribution in [0.3, 0.4) is 0 Å². The Labute approximate surface area is 160 Å². The van der Waals surface area contributed by atoms with Crippen molar-refractivity contribution < 1.29 is 24.2 Å². The highest BCUT2D eigenvalue weighted by atomic mass is 32.2. The van der Waals surface area contributed by atoms with Gasteiger partial charge in [0.1, 0.15) is 18.4 Å². The van der Waals surface area contributed by atoms with E-state index in [1.165, 1.54) is 16.7 Å². The number of benzene rings is 2. The van der Waals surface area contributed by atoms with E-state index in [9.17, 15) is 14.4 Å². The Morgan fingerprint density at radius 1 is 1.11 bits per heavy atom. The molecule has 27 heavy (non-hydrogen) atoms. The molecule has 0 saturated heterocycles. The average molecular weight is 386 g/mol. The Morgan fingerprint density at radius 2 is 1.81 bits per heavy atom. The highest BCUT2D eigenvalue weighted by molar-refractivity contribution is 8.01. The standard InChI is InChI=1S/C19H18N2O5S/c22-17(23)11-21-14-8-4-5-9-15(14)27-16(18(21)24)10-20-19(25)26-12-13-6-2-1-3-7-13/h1-9,16H,10-12H2,(H,20,25)(H,22,23). The lowest BCUT2D eigenvalue weighted by molar-refractivity contribution is -0.136. The summed E-state index contributed by atoms with van der Waals surface area (Å²) in [7, 11) is 0. The zero-order valence-electron chi connectivity index (χ0n) is 14.3. The summed E-state index contributed by atoms with van der Waals surface area (Å²) in [5.74, 6) is -1.46. The molecule has 1 aliphatic rings. The molecule has 1 aliphatic heterocycles. The second kappa shape index (κ2) is 8.59. The van der Waals surface area contributed by atoms with E-state index >= 15 is 0 Å². The van der Waals surface area contributed by atoms with Crippen LogP contribution in [0.5, 0.6) is 0 Å². The number of anilines is 1. The Bertz CT molecular complexity index is 843. The first-order valence-electron chi connectivity index (χ1n) is 8.28. The Balaban J connectivity index is 1.60. The molecule has 1 heterocycles. The van der Waals surface area contributed by atoms with Gasteiger partial charge in [-0.2, -0.15) is 0 Å². The summed E-state index contributed by atoms with van der Waals surface area (Å²) in [6, 6.07) is 16.4. The average Bonchev–Trinajstić information content (AvgIpc) is 2.68. The maximum atomic E-state index is 12.7. The van der Waals surface area contributed by atoms with Crippen LogP contribution < -0.4 is 10.2 Å². The number of hydrogen-bond donors (Lipinski definition) is 2. The van der Waals surface area contributed by atoms with Gasteiger partial charge in [-0.1, -0.05) is 42.5 Å². The first-order valence-corrected chi connectivity index (χ1v) is 9.16. The van der Waals surface area contributed by atoms with Crippen LogP contribution in [-0.4, -0.2) is 41.4 Å². The van der Waals surface area contributed by atoms with Crippen molar-refractivity contribution in [3.8, 4) is 0 Å². The van der Waals surface area contributed by atoms with E-state index < -0.39 is 23.9 Å². The van der Waals surface area contributed by atoms with E-state index in [1.54, 1.807) is 12.1 Å². The summed E-state index contributed by atoms with van der Waals surface area (Å²) in [6.45, 7) is -0.251. The molecule has 7 nitrogen and oxygen atoms in total. The number of para-hydroxylation sites is 1. The van der Waals surface area contributed by atoms with Gasteiger partial charge in [-0.25, -0.2) is 4.79 Å². The number of carbonyl (C=O) groups is 3. The van der Waals surface area contributed by atoms with Crippen molar-refractivity contribution >= 4 is 35.4 Å². The fourth-order valence-electron chi connectivity index (χ4n) is 2.65. The van der Waals surface area contributed by atoms with Gasteiger partial charge in [0.15, 0.2) is 0 Å². The third kappa shape index (κ3) is 4.79. The highest BCUT2D eigenvalue weighted by Gasteiger charge is 2.34. The third-order valence-electron chi connectivity index (χ3n) is 3.90. The predicted molar refractivity (Wildman–Crippen MR) is 101 cm³/mol. The summed E-state index contributed by atoms with van der Waals surface area (Å²) < 4.78 is 5.14. The smallest absolute Gasteiger partial charge is 0.407 e. The zero-order valence-corrected chi connectivity index (χ0v) is 15.1. The predicted octanol–water partition coefficient (Wildman–Crippen LogP) is 2.50. The number of hydrogen-bond acceptors (Lipinski definition) is 5. The monoisotopic (exact) mass is 386 g/mol. The number of aliphatic carboxylic acids is 1. The largest absolute Gasteiger partial charge is 0.480 e. The van der Waals surface area contributed by atoms with Gasteiger partial charge in [0.05, 0.1) is 5.69 Å². The number of carboxylic acid groups (broad SMARTS) is 1. The number of alkyl carbamates (subject to hydrolysis) is 1. The molecule has 0 bridgehead atoms. The van der Waals surface area contributed by atoms with Crippen molar-refractivity contribution in [3.63, 3.8) is 0 Å². The van der Waals surface area contributed by atoms with Gasteiger partial charge in [-0.3, -0.25) is 14.5 Å². The van der Waals surface area contributed by atoms with Crippen molar-refractivity contribution in [1.29, 1.82) is 0 Å². The molecule has 1 atom stereocenters.